The lowest BCUT2D eigenvalue weighted by molar-refractivity contribution is -0.115. The first-order valence-corrected chi connectivity index (χ1v) is 11.4. The number of carbonyl (C=O) groups is 1. The van der Waals surface area contributed by atoms with Gasteiger partial charge in [0.1, 0.15) is 17.3 Å². The third kappa shape index (κ3) is 4.34. The van der Waals surface area contributed by atoms with E-state index < -0.39 is 17.5 Å². The molecule has 30 heavy (non-hydrogen) atoms. The summed E-state index contributed by atoms with van der Waals surface area (Å²) >= 11 is 2.98. The number of aryl methyl sites for hydroxylation is 2. The third-order valence-corrected chi connectivity index (χ3v) is 7.10. The van der Waals surface area contributed by atoms with Crippen LogP contribution >= 0.6 is 22.7 Å². The summed E-state index contributed by atoms with van der Waals surface area (Å²) in [6, 6.07) is 3.58. The van der Waals surface area contributed by atoms with Crippen molar-refractivity contribution < 1.29 is 13.6 Å². The summed E-state index contributed by atoms with van der Waals surface area (Å²) in [4.78, 5) is 23.7. The van der Waals surface area contributed by atoms with E-state index in [9.17, 15) is 13.6 Å². The van der Waals surface area contributed by atoms with E-state index >= 15 is 0 Å². The van der Waals surface area contributed by atoms with Crippen molar-refractivity contribution in [1.29, 1.82) is 0 Å². The fraction of sp³-hybridized carbons (Fsp3) is 0.318. The molecule has 2 aromatic heterocycles. The average molecular weight is 446 g/mol. The molecule has 4 rings (SSSR count). The summed E-state index contributed by atoms with van der Waals surface area (Å²) in [5.41, 5.74) is 2.73. The maximum Gasteiger partial charge on any atom is 0.230 e. The maximum atomic E-state index is 13.9. The standard InChI is InChI=1S/C22H21F2N3OS2/c1-12-20(29-13(2)25-12)19-21(14-7-4-3-5-8-14)30-22(27-19)26-18(28)11-15-16(23)9-6-10-17(15)24/h6-7,9-10H,3-5,8,11H2,1-2H3,(H,26,27,28). The van der Waals surface area contributed by atoms with Crippen molar-refractivity contribution in [3.8, 4) is 10.6 Å². The van der Waals surface area contributed by atoms with E-state index in [1.807, 2.05) is 13.8 Å². The van der Waals surface area contributed by atoms with Crippen molar-refractivity contribution >= 4 is 39.3 Å². The first-order valence-electron chi connectivity index (χ1n) is 9.79. The molecule has 1 aromatic carbocycles. The molecule has 0 fully saturated rings. The number of amides is 1. The molecule has 1 N–H and O–H groups in total. The van der Waals surface area contributed by atoms with Crippen molar-refractivity contribution in [1.82, 2.24) is 9.97 Å². The van der Waals surface area contributed by atoms with Gasteiger partial charge in [0.25, 0.3) is 0 Å². The normalized spacial score (nSPS) is 13.9. The Morgan fingerprint density at radius 2 is 1.87 bits per heavy atom. The molecule has 0 radical (unpaired) electrons. The van der Waals surface area contributed by atoms with E-state index in [4.69, 9.17) is 0 Å². The van der Waals surface area contributed by atoms with Crippen molar-refractivity contribution in [2.45, 2.75) is 46.0 Å². The molecular formula is C22H21F2N3OS2. The van der Waals surface area contributed by atoms with Gasteiger partial charge in [-0.3, -0.25) is 4.79 Å². The highest BCUT2D eigenvalue weighted by Gasteiger charge is 2.22. The number of benzene rings is 1. The van der Waals surface area contributed by atoms with E-state index in [2.05, 4.69) is 21.4 Å². The number of rotatable bonds is 5. The smallest absolute Gasteiger partial charge is 0.230 e. The van der Waals surface area contributed by atoms with Gasteiger partial charge in [-0.15, -0.1) is 11.3 Å². The minimum absolute atomic E-state index is 0.240. The van der Waals surface area contributed by atoms with Gasteiger partial charge in [0.2, 0.25) is 5.91 Å². The minimum atomic E-state index is -0.728. The molecule has 4 nitrogen and oxygen atoms in total. The van der Waals surface area contributed by atoms with Crippen LogP contribution in [-0.2, 0) is 11.2 Å². The number of hydrogen-bond acceptors (Lipinski definition) is 5. The number of nitrogens with one attached hydrogen (secondary N) is 1. The summed E-state index contributed by atoms with van der Waals surface area (Å²) in [7, 11) is 0. The van der Waals surface area contributed by atoms with Gasteiger partial charge in [-0.05, 0) is 57.2 Å². The molecule has 1 aliphatic carbocycles. The fourth-order valence-electron chi connectivity index (χ4n) is 3.57. The van der Waals surface area contributed by atoms with Gasteiger partial charge >= 0.3 is 0 Å². The van der Waals surface area contributed by atoms with Crippen LogP contribution in [0, 0.1) is 25.5 Å². The molecule has 0 aliphatic heterocycles. The number of nitrogens with zero attached hydrogens (tertiary/aromatic N) is 2. The molecule has 0 bridgehead atoms. The van der Waals surface area contributed by atoms with Crippen LogP contribution in [0.1, 0.15) is 46.8 Å². The number of thiazole rings is 2. The Labute approximate surface area is 181 Å². The molecule has 1 aliphatic rings. The molecule has 0 spiro atoms. The first-order chi connectivity index (χ1) is 14.4. The summed E-state index contributed by atoms with van der Waals surface area (Å²) in [6.45, 7) is 3.91. The van der Waals surface area contributed by atoms with Crippen LogP contribution in [0.15, 0.2) is 24.3 Å². The molecule has 3 aromatic rings. The predicted octanol–water partition coefficient (Wildman–Crippen LogP) is 6.30. The van der Waals surface area contributed by atoms with Crippen LogP contribution in [0.5, 0.6) is 0 Å². The molecule has 0 atom stereocenters. The molecule has 2 heterocycles. The monoisotopic (exact) mass is 445 g/mol. The zero-order valence-electron chi connectivity index (χ0n) is 16.7. The van der Waals surface area contributed by atoms with Crippen LogP contribution < -0.4 is 5.32 Å². The molecule has 0 unspecified atom stereocenters. The second kappa shape index (κ2) is 8.73. The topological polar surface area (TPSA) is 54.9 Å². The Balaban J connectivity index is 1.65. The molecule has 156 valence electrons. The van der Waals surface area contributed by atoms with Crippen molar-refractivity contribution in [2.75, 3.05) is 5.32 Å². The van der Waals surface area contributed by atoms with Crippen LogP contribution in [0.3, 0.4) is 0 Å². The van der Waals surface area contributed by atoms with E-state index in [1.54, 1.807) is 11.3 Å². The predicted molar refractivity (Wildman–Crippen MR) is 118 cm³/mol. The molecule has 0 saturated heterocycles. The van der Waals surface area contributed by atoms with Crippen LogP contribution in [0.2, 0.25) is 0 Å². The maximum absolute atomic E-state index is 13.9. The minimum Gasteiger partial charge on any atom is -0.302 e. The van der Waals surface area contributed by atoms with Gasteiger partial charge in [0.05, 0.1) is 26.9 Å². The lowest BCUT2D eigenvalue weighted by Gasteiger charge is -2.11. The Hall–Kier alpha value is -2.45. The molecule has 0 saturated carbocycles. The lowest BCUT2D eigenvalue weighted by Crippen LogP contribution is -2.16. The van der Waals surface area contributed by atoms with E-state index in [-0.39, 0.29) is 12.0 Å². The summed E-state index contributed by atoms with van der Waals surface area (Å²) in [5, 5.41) is 4.12. The Bertz CT molecular complexity index is 1110. The molecule has 1 amide bonds. The zero-order valence-corrected chi connectivity index (χ0v) is 18.4. The SMILES string of the molecule is Cc1nc(C)c(-c2nc(NC(=O)Cc3c(F)cccc3F)sc2C2=CCCCC2)s1. The lowest BCUT2D eigenvalue weighted by atomic mass is 9.97. The van der Waals surface area contributed by atoms with Crippen LogP contribution in [-0.4, -0.2) is 15.9 Å². The molecule has 8 heteroatoms. The highest BCUT2D eigenvalue weighted by Crippen LogP contribution is 2.42. The van der Waals surface area contributed by atoms with Gasteiger partial charge in [-0.25, -0.2) is 18.7 Å². The summed E-state index contributed by atoms with van der Waals surface area (Å²) < 4.78 is 27.8. The highest BCUT2D eigenvalue weighted by atomic mass is 32.1. The Morgan fingerprint density at radius 1 is 1.10 bits per heavy atom. The van der Waals surface area contributed by atoms with Crippen molar-refractivity contribution in [3.05, 3.63) is 57.1 Å². The average Bonchev–Trinajstić information content (AvgIpc) is 3.27. The quantitative estimate of drug-likeness (QED) is 0.501. The molecular weight excluding hydrogens is 424 g/mol. The zero-order chi connectivity index (χ0) is 21.3. The van der Waals surface area contributed by atoms with E-state index in [0.717, 1.165) is 57.5 Å². The number of anilines is 1. The van der Waals surface area contributed by atoms with Crippen molar-refractivity contribution in [2.24, 2.45) is 0 Å². The number of halogens is 2. The second-order valence-electron chi connectivity index (χ2n) is 7.24. The highest BCUT2D eigenvalue weighted by molar-refractivity contribution is 7.18. The second-order valence-corrected chi connectivity index (χ2v) is 9.45. The van der Waals surface area contributed by atoms with Gasteiger partial charge in [0, 0.05) is 5.56 Å². The number of allylic oxidation sites excluding steroid dienone is 2. The van der Waals surface area contributed by atoms with Gasteiger partial charge in [-0.2, -0.15) is 0 Å². The number of carbonyl (C=O) groups excluding carboxylic acids is 1. The van der Waals surface area contributed by atoms with E-state index in [1.165, 1.54) is 29.4 Å². The van der Waals surface area contributed by atoms with Crippen LogP contribution in [0.4, 0.5) is 13.9 Å². The Kier molecular flexibility index (Phi) is 6.06. The van der Waals surface area contributed by atoms with Crippen molar-refractivity contribution in [3.63, 3.8) is 0 Å². The van der Waals surface area contributed by atoms with Gasteiger partial charge < -0.3 is 5.32 Å². The number of aromatic nitrogens is 2. The summed E-state index contributed by atoms with van der Waals surface area (Å²) in [6.07, 6.45) is 6.15. The number of hydrogen-bond donors (Lipinski definition) is 1. The Morgan fingerprint density at radius 3 is 2.50 bits per heavy atom. The van der Waals surface area contributed by atoms with Crippen LogP contribution in [0.25, 0.3) is 16.1 Å². The van der Waals surface area contributed by atoms with Gasteiger partial charge in [-0.1, -0.05) is 23.5 Å². The fourth-order valence-corrected chi connectivity index (χ4v) is 5.60. The van der Waals surface area contributed by atoms with E-state index in [0.29, 0.717) is 5.13 Å². The first kappa shape index (κ1) is 20.8. The summed E-state index contributed by atoms with van der Waals surface area (Å²) in [5.74, 6) is -1.96. The van der Waals surface area contributed by atoms with Gasteiger partial charge in [0.15, 0.2) is 5.13 Å². The third-order valence-electron chi connectivity index (χ3n) is 4.97. The largest absolute Gasteiger partial charge is 0.302 e.